The number of nitrogens with zero attached hydrogens (tertiary/aromatic N) is 5. The average Bonchev–Trinajstić information content (AvgIpc) is 3.39. The Morgan fingerprint density at radius 2 is 1.82 bits per heavy atom. The zero-order chi connectivity index (χ0) is 23.1. The first-order valence-electron chi connectivity index (χ1n) is 10.8. The molecular formula is C24H22BrN5O3. The van der Waals surface area contributed by atoms with Gasteiger partial charge >= 0.3 is 0 Å². The normalized spacial score (nSPS) is 15.0. The van der Waals surface area contributed by atoms with Crippen molar-refractivity contribution in [3.63, 3.8) is 0 Å². The van der Waals surface area contributed by atoms with Crippen LogP contribution < -0.4 is 4.74 Å². The molecule has 2 amide bonds. The highest BCUT2D eigenvalue weighted by Gasteiger charge is 2.37. The van der Waals surface area contributed by atoms with Crippen LogP contribution in [0, 0.1) is 0 Å². The lowest BCUT2D eigenvalue weighted by atomic mass is 9.96. The fraction of sp³-hybridized carbons (Fsp3) is 0.292. The molecule has 9 heteroatoms. The Kier molecular flexibility index (Phi) is 5.57. The lowest BCUT2D eigenvalue weighted by Crippen LogP contribution is -2.36. The Labute approximate surface area is 199 Å². The van der Waals surface area contributed by atoms with E-state index in [0.717, 1.165) is 27.7 Å². The highest BCUT2D eigenvalue weighted by Crippen LogP contribution is 2.34. The quantitative estimate of drug-likeness (QED) is 0.472. The second-order valence-corrected chi connectivity index (χ2v) is 9.15. The Balaban J connectivity index is 1.43. The van der Waals surface area contributed by atoms with Crippen LogP contribution in [0.15, 0.2) is 52.1 Å². The monoisotopic (exact) mass is 507 g/mol. The second kappa shape index (κ2) is 8.55. The highest BCUT2D eigenvalue weighted by atomic mass is 79.9. The summed E-state index contributed by atoms with van der Waals surface area (Å²) in [6.07, 6.45) is 2.60. The Bertz CT molecular complexity index is 1260. The molecule has 0 bridgehead atoms. The fourth-order valence-electron chi connectivity index (χ4n) is 4.11. The van der Waals surface area contributed by atoms with Crippen LogP contribution in [0.5, 0.6) is 5.75 Å². The van der Waals surface area contributed by atoms with Gasteiger partial charge in [0.05, 0.1) is 29.6 Å². The molecular weight excluding hydrogens is 486 g/mol. The largest absolute Gasteiger partial charge is 0.486 e. The number of benzene rings is 2. The van der Waals surface area contributed by atoms with E-state index in [1.807, 2.05) is 32.2 Å². The molecule has 0 aliphatic carbocycles. The number of ether oxygens (including phenoxy) is 1. The van der Waals surface area contributed by atoms with Crippen LogP contribution in [-0.2, 0) is 13.0 Å². The van der Waals surface area contributed by atoms with Crippen molar-refractivity contribution in [3.8, 4) is 5.75 Å². The van der Waals surface area contributed by atoms with E-state index in [4.69, 9.17) is 4.74 Å². The van der Waals surface area contributed by atoms with Crippen LogP contribution in [0.1, 0.15) is 57.4 Å². The van der Waals surface area contributed by atoms with Gasteiger partial charge in [-0.1, -0.05) is 33.3 Å². The van der Waals surface area contributed by atoms with E-state index in [0.29, 0.717) is 29.1 Å². The molecule has 33 heavy (non-hydrogen) atoms. The van der Waals surface area contributed by atoms with Gasteiger partial charge in [0.15, 0.2) is 0 Å². The molecule has 0 spiro atoms. The Morgan fingerprint density at radius 3 is 2.48 bits per heavy atom. The van der Waals surface area contributed by atoms with E-state index in [9.17, 15) is 9.59 Å². The molecule has 168 valence electrons. The summed E-state index contributed by atoms with van der Waals surface area (Å²) in [5, 5.41) is 8.30. The summed E-state index contributed by atoms with van der Waals surface area (Å²) in [7, 11) is 0. The predicted octanol–water partition coefficient (Wildman–Crippen LogP) is 3.84. The summed E-state index contributed by atoms with van der Waals surface area (Å²) >= 11 is 3.63. The van der Waals surface area contributed by atoms with Gasteiger partial charge in [-0.05, 0) is 50.1 Å². The topological polar surface area (TPSA) is 89.7 Å². The number of fused-ring (bicyclic) bond motifs is 2. The van der Waals surface area contributed by atoms with Gasteiger partial charge in [-0.3, -0.25) is 19.5 Å². The van der Waals surface area contributed by atoms with Crippen molar-refractivity contribution in [3.05, 3.63) is 75.0 Å². The number of amides is 2. The number of carbonyl (C=O) groups is 2. The molecule has 0 unspecified atom stereocenters. The number of hydrogen-bond acceptors (Lipinski definition) is 6. The molecule has 0 saturated heterocycles. The smallest absolute Gasteiger partial charge is 0.261 e. The third kappa shape index (κ3) is 3.86. The SMILES string of the molecule is CC(C)n1cc(COc2ccc(Br)c3c2C(CN2C(=O)c4ccccc4C2=O)=NCC3)nn1. The summed E-state index contributed by atoms with van der Waals surface area (Å²) in [5.41, 5.74) is 4.11. The number of aromatic nitrogens is 3. The van der Waals surface area contributed by atoms with Crippen LogP contribution >= 0.6 is 15.9 Å². The number of aliphatic imine (C=N–C) groups is 1. The van der Waals surface area contributed by atoms with Crippen molar-refractivity contribution in [1.82, 2.24) is 19.9 Å². The van der Waals surface area contributed by atoms with Gasteiger partial charge in [0, 0.05) is 22.6 Å². The maximum Gasteiger partial charge on any atom is 0.261 e. The lowest BCUT2D eigenvalue weighted by molar-refractivity contribution is 0.0677. The fourth-order valence-corrected chi connectivity index (χ4v) is 4.64. The third-order valence-electron chi connectivity index (χ3n) is 5.82. The Morgan fingerprint density at radius 1 is 1.09 bits per heavy atom. The van der Waals surface area contributed by atoms with Gasteiger partial charge in [0.25, 0.3) is 11.8 Å². The van der Waals surface area contributed by atoms with Crippen molar-refractivity contribution in [2.24, 2.45) is 4.99 Å². The van der Waals surface area contributed by atoms with Crippen LogP contribution in [-0.4, -0.2) is 50.5 Å². The number of halogens is 1. The standard InChI is InChI=1S/C24H22BrN5O3/c1-14(2)30-11-15(27-28-30)13-33-21-8-7-19(25)18-9-10-26-20(22(18)21)12-29-23(31)16-5-3-4-6-17(16)24(29)32/h3-8,11,14H,9-10,12-13H2,1-2H3. The minimum absolute atomic E-state index is 0.0929. The van der Waals surface area contributed by atoms with Gasteiger partial charge in [0.2, 0.25) is 0 Å². The van der Waals surface area contributed by atoms with Crippen LogP contribution in [0.4, 0.5) is 0 Å². The zero-order valence-electron chi connectivity index (χ0n) is 18.3. The van der Waals surface area contributed by atoms with Crippen LogP contribution in [0.25, 0.3) is 0 Å². The number of hydrogen-bond donors (Lipinski definition) is 0. The summed E-state index contributed by atoms with van der Waals surface area (Å²) in [5.74, 6) is 0.0451. The van der Waals surface area contributed by atoms with E-state index in [1.54, 1.807) is 28.9 Å². The number of carbonyl (C=O) groups excluding carboxylic acids is 2. The van der Waals surface area contributed by atoms with Gasteiger partial charge in [-0.2, -0.15) is 0 Å². The lowest BCUT2D eigenvalue weighted by Gasteiger charge is -2.24. The Hall–Kier alpha value is -3.33. The zero-order valence-corrected chi connectivity index (χ0v) is 19.9. The molecule has 0 radical (unpaired) electrons. The molecule has 2 aromatic carbocycles. The minimum Gasteiger partial charge on any atom is -0.486 e. The van der Waals surface area contributed by atoms with Crippen molar-refractivity contribution < 1.29 is 14.3 Å². The van der Waals surface area contributed by atoms with E-state index in [-0.39, 0.29) is 31.0 Å². The summed E-state index contributed by atoms with van der Waals surface area (Å²) in [6.45, 7) is 4.99. The van der Waals surface area contributed by atoms with E-state index < -0.39 is 0 Å². The molecule has 0 atom stereocenters. The van der Waals surface area contributed by atoms with Gasteiger partial charge in [-0.15, -0.1) is 5.10 Å². The van der Waals surface area contributed by atoms with Gasteiger partial charge in [0.1, 0.15) is 18.1 Å². The first-order chi connectivity index (χ1) is 15.9. The first kappa shape index (κ1) is 21.5. The molecule has 2 aliphatic heterocycles. The maximum absolute atomic E-state index is 12.9. The molecule has 0 fully saturated rings. The predicted molar refractivity (Wildman–Crippen MR) is 126 cm³/mol. The molecule has 3 aromatic rings. The third-order valence-corrected chi connectivity index (χ3v) is 6.56. The molecule has 1 aromatic heterocycles. The van der Waals surface area contributed by atoms with E-state index >= 15 is 0 Å². The van der Waals surface area contributed by atoms with Crippen LogP contribution in [0.3, 0.4) is 0 Å². The van der Waals surface area contributed by atoms with Crippen molar-refractivity contribution in [2.45, 2.75) is 32.9 Å². The number of imide groups is 1. The molecule has 8 nitrogen and oxygen atoms in total. The first-order valence-corrected chi connectivity index (χ1v) is 11.6. The number of rotatable bonds is 6. The molecule has 0 N–H and O–H groups in total. The van der Waals surface area contributed by atoms with Gasteiger partial charge < -0.3 is 4.74 Å². The molecule has 5 rings (SSSR count). The average molecular weight is 508 g/mol. The van der Waals surface area contributed by atoms with E-state index in [2.05, 4.69) is 31.2 Å². The molecule has 0 saturated carbocycles. The van der Waals surface area contributed by atoms with E-state index in [1.165, 1.54) is 4.90 Å². The van der Waals surface area contributed by atoms with Crippen molar-refractivity contribution >= 4 is 33.5 Å². The summed E-state index contributed by atoms with van der Waals surface area (Å²) in [4.78, 5) is 31.8. The molecule has 3 heterocycles. The van der Waals surface area contributed by atoms with Crippen molar-refractivity contribution in [1.29, 1.82) is 0 Å². The molecule has 2 aliphatic rings. The highest BCUT2D eigenvalue weighted by molar-refractivity contribution is 9.10. The van der Waals surface area contributed by atoms with Crippen molar-refractivity contribution in [2.75, 3.05) is 13.1 Å². The maximum atomic E-state index is 12.9. The minimum atomic E-state index is -0.298. The van der Waals surface area contributed by atoms with Gasteiger partial charge in [-0.25, -0.2) is 4.68 Å². The summed E-state index contributed by atoms with van der Waals surface area (Å²) < 4.78 is 8.87. The van der Waals surface area contributed by atoms with Crippen LogP contribution in [0.2, 0.25) is 0 Å². The summed E-state index contributed by atoms with van der Waals surface area (Å²) in [6, 6.07) is 10.9. The second-order valence-electron chi connectivity index (χ2n) is 8.29.